The van der Waals surface area contributed by atoms with Crippen molar-refractivity contribution in [2.24, 2.45) is 11.3 Å². The summed E-state index contributed by atoms with van der Waals surface area (Å²) in [6, 6.07) is 4.08. The third-order valence-electron chi connectivity index (χ3n) is 7.04. The summed E-state index contributed by atoms with van der Waals surface area (Å²) in [6.07, 6.45) is 4.35. The molecule has 1 aromatic carbocycles. The van der Waals surface area contributed by atoms with Gasteiger partial charge in [0.25, 0.3) is 0 Å². The number of carbonyl (C=O) groups is 1. The van der Waals surface area contributed by atoms with Crippen molar-refractivity contribution in [3.63, 3.8) is 0 Å². The standard InChI is InChI=1S/C25H30O3S/c1-13-8-16(9-14(2)18(13)10-17(27)12-26)6-7-21(28)24-19-11-20-23(25(20,4)5)22(19)15(3)29-24/h6-9,17,20,23,26-27H,10-12H2,1-5H3/b7-6+/t17?,20-,23-/m1/s1. The molecule has 0 amide bonds. The smallest absolute Gasteiger partial charge is 0.196 e. The molecule has 1 heterocycles. The quantitative estimate of drug-likeness (QED) is 0.533. The highest BCUT2D eigenvalue weighted by Crippen LogP contribution is 2.71. The van der Waals surface area contributed by atoms with Crippen LogP contribution < -0.4 is 0 Å². The van der Waals surface area contributed by atoms with E-state index < -0.39 is 6.10 Å². The van der Waals surface area contributed by atoms with Gasteiger partial charge in [-0.15, -0.1) is 11.3 Å². The summed E-state index contributed by atoms with van der Waals surface area (Å²) in [5.74, 6) is 1.46. The van der Waals surface area contributed by atoms with Gasteiger partial charge < -0.3 is 10.2 Å². The maximum absolute atomic E-state index is 13.0. The predicted octanol–water partition coefficient (Wildman–Crippen LogP) is 4.76. The maximum atomic E-state index is 13.0. The summed E-state index contributed by atoms with van der Waals surface area (Å²) in [5, 5.41) is 18.9. The summed E-state index contributed by atoms with van der Waals surface area (Å²) >= 11 is 1.66. The summed E-state index contributed by atoms with van der Waals surface area (Å²) in [7, 11) is 0. The van der Waals surface area contributed by atoms with E-state index in [0.717, 1.165) is 33.6 Å². The predicted molar refractivity (Wildman–Crippen MR) is 119 cm³/mol. The van der Waals surface area contributed by atoms with E-state index in [9.17, 15) is 9.90 Å². The van der Waals surface area contributed by atoms with Gasteiger partial charge in [0.05, 0.1) is 17.6 Å². The normalized spacial score (nSPS) is 22.6. The molecule has 0 aliphatic heterocycles. The van der Waals surface area contributed by atoms with Crippen LogP contribution in [0.25, 0.3) is 6.08 Å². The van der Waals surface area contributed by atoms with Crippen LogP contribution in [0.2, 0.25) is 0 Å². The average molecular weight is 411 g/mol. The minimum atomic E-state index is -0.740. The molecule has 154 valence electrons. The fourth-order valence-corrected chi connectivity index (χ4v) is 6.48. The summed E-state index contributed by atoms with van der Waals surface area (Å²) in [6.45, 7) is 10.6. The Morgan fingerprint density at radius 2 is 1.93 bits per heavy atom. The van der Waals surface area contributed by atoms with Gasteiger partial charge in [-0.3, -0.25) is 4.79 Å². The van der Waals surface area contributed by atoms with Crippen LogP contribution in [0, 0.1) is 32.1 Å². The largest absolute Gasteiger partial charge is 0.394 e. The molecule has 3 atom stereocenters. The second-order valence-electron chi connectivity index (χ2n) is 9.36. The first-order valence-electron chi connectivity index (χ1n) is 10.4. The topological polar surface area (TPSA) is 57.5 Å². The summed E-state index contributed by atoms with van der Waals surface area (Å²) in [4.78, 5) is 15.2. The van der Waals surface area contributed by atoms with E-state index in [1.165, 1.54) is 16.0 Å². The van der Waals surface area contributed by atoms with E-state index in [1.54, 1.807) is 17.4 Å². The lowest BCUT2D eigenvalue weighted by Crippen LogP contribution is -2.16. The summed E-state index contributed by atoms with van der Waals surface area (Å²) in [5.41, 5.74) is 7.35. The first-order valence-corrected chi connectivity index (χ1v) is 11.2. The Kier molecular flexibility index (Phi) is 5.09. The van der Waals surface area contributed by atoms with Gasteiger partial charge in [0.15, 0.2) is 5.78 Å². The number of fused-ring (bicyclic) bond motifs is 3. The van der Waals surface area contributed by atoms with E-state index in [4.69, 9.17) is 5.11 Å². The number of allylic oxidation sites excluding steroid dienone is 1. The van der Waals surface area contributed by atoms with Crippen molar-refractivity contribution >= 4 is 23.2 Å². The first kappa shape index (κ1) is 20.5. The Morgan fingerprint density at radius 1 is 1.28 bits per heavy atom. The second kappa shape index (κ2) is 7.19. The fourth-order valence-electron chi connectivity index (χ4n) is 5.32. The van der Waals surface area contributed by atoms with Gasteiger partial charge in [-0.2, -0.15) is 0 Å². The Hall–Kier alpha value is -1.75. The van der Waals surface area contributed by atoms with Gasteiger partial charge in [0.1, 0.15) is 0 Å². The zero-order chi connectivity index (χ0) is 21.1. The Morgan fingerprint density at radius 3 is 2.55 bits per heavy atom. The number of aliphatic hydroxyl groups is 2. The van der Waals surface area contributed by atoms with Crippen molar-refractivity contribution in [1.29, 1.82) is 0 Å². The molecular weight excluding hydrogens is 380 g/mol. The van der Waals surface area contributed by atoms with E-state index in [-0.39, 0.29) is 12.4 Å². The highest BCUT2D eigenvalue weighted by Gasteiger charge is 2.63. The Labute approximate surface area is 177 Å². The fraction of sp³-hybridized carbons (Fsp3) is 0.480. The third-order valence-corrected chi connectivity index (χ3v) is 8.22. The number of aryl methyl sites for hydroxylation is 3. The lowest BCUT2D eigenvalue weighted by atomic mass is 9.94. The van der Waals surface area contributed by atoms with Crippen LogP contribution in [0.4, 0.5) is 0 Å². The SMILES string of the molecule is Cc1cc(/C=C/C(=O)c2sc(C)c3c2C[C@@H]2[C@H]3C2(C)C)cc(C)c1CC(O)CO. The van der Waals surface area contributed by atoms with Crippen molar-refractivity contribution < 1.29 is 15.0 Å². The third kappa shape index (κ3) is 3.41. The molecule has 0 radical (unpaired) electrons. The molecule has 1 unspecified atom stereocenters. The molecule has 0 saturated heterocycles. The Bertz CT molecular complexity index is 988. The number of hydrogen-bond acceptors (Lipinski definition) is 4. The first-order chi connectivity index (χ1) is 13.6. The molecule has 2 N–H and O–H groups in total. The van der Waals surface area contributed by atoms with E-state index in [1.807, 2.05) is 32.1 Å². The van der Waals surface area contributed by atoms with Gasteiger partial charge >= 0.3 is 0 Å². The molecule has 0 spiro atoms. The lowest BCUT2D eigenvalue weighted by Gasteiger charge is -2.14. The van der Waals surface area contributed by atoms with Gasteiger partial charge in [-0.1, -0.05) is 32.1 Å². The molecule has 4 heteroatoms. The van der Waals surface area contributed by atoms with E-state index in [0.29, 0.717) is 23.7 Å². The van der Waals surface area contributed by atoms with Crippen LogP contribution in [0.3, 0.4) is 0 Å². The van der Waals surface area contributed by atoms with Crippen LogP contribution in [0.5, 0.6) is 0 Å². The molecule has 4 rings (SSSR count). The molecule has 2 aliphatic rings. The second-order valence-corrected chi connectivity index (χ2v) is 10.6. The zero-order valence-corrected chi connectivity index (χ0v) is 18.7. The Balaban J connectivity index is 1.55. The lowest BCUT2D eigenvalue weighted by molar-refractivity contribution is 0.0953. The van der Waals surface area contributed by atoms with E-state index >= 15 is 0 Å². The van der Waals surface area contributed by atoms with Gasteiger partial charge in [-0.25, -0.2) is 0 Å². The molecule has 29 heavy (non-hydrogen) atoms. The van der Waals surface area contributed by atoms with Crippen molar-refractivity contribution in [3.05, 3.63) is 61.3 Å². The highest BCUT2D eigenvalue weighted by molar-refractivity contribution is 7.14. The van der Waals surface area contributed by atoms with Crippen molar-refractivity contribution in [2.75, 3.05) is 6.61 Å². The van der Waals surface area contributed by atoms with E-state index in [2.05, 4.69) is 20.8 Å². The number of ketones is 1. The number of benzene rings is 1. The van der Waals surface area contributed by atoms with Crippen LogP contribution >= 0.6 is 11.3 Å². The van der Waals surface area contributed by atoms with Crippen LogP contribution in [0.15, 0.2) is 18.2 Å². The molecule has 1 saturated carbocycles. The zero-order valence-electron chi connectivity index (χ0n) is 17.9. The van der Waals surface area contributed by atoms with Gasteiger partial charge in [0.2, 0.25) is 0 Å². The van der Waals surface area contributed by atoms with Crippen molar-refractivity contribution in [3.8, 4) is 0 Å². The molecular formula is C25H30O3S. The minimum Gasteiger partial charge on any atom is -0.394 e. The average Bonchev–Trinajstić information content (AvgIpc) is 3.00. The molecule has 1 aromatic heterocycles. The molecule has 2 aliphatic carbocycles. The van der Waals surface area contributed by atoms with Crippen LogP contribution in [0.1, 0.15) is 67.7 Å². The van der Waals surface area contributed by atoms with Gasteiger partial charge in [-0.05, 0) is 83.9 Å². The number of carbonyl (C=O) groups excluding carboxylic acids is 1. The van der Waals surface area contributed by atoms with Crippen molar-refractivity contribution in [2.45, 2.75) is 59.5 Å². The van der Waals surface area contributed by atoms with Crippen LogP contribution in [-0.2, 0) is 12.8 Å². The maximum Gasteiger partial charge on any atom is 0.196 e. The highest BCUT2D eigenvalue weighted by atomic mass is 32.1. The molecule has 0 bridgehead atoms. The van der Waals surface area contributed by atoms with Crippen LogP contribution in [-0.4, -0.2) is 28.7 Å². The molecule has 3 nitrogen and oxygen atoms in total. The molecule has 2 aromatic rings. The number of hydrogen-bond donors (Lipinski definition) is 2. The monoisotopic (exact) mass is 410 g/mol. The number of rotatable bonds is 6. The van der Waals surface area contributed by atoms with Gasteiger partial charge in [0, 0.05) is 11.3 Å². The summed E-state index contributed by atoms with van der Waals surface area (Å²) < 4.78 is 0. The van der Waals surface area contributed by atoms with Crippen molar-refractivity contribution in [1.82, 2.24) is 0 Å². The molecule has 1 fully saturated rings. The minimum absolute atomic E-state index is 0.105. The number of thiophene rings is 1. The number of aliphatic hydroxyl groups excluding tert-OH is 2.